The van der Waals surface area contributed by atoms with E-state index in [9.17, 15) is 18.0 Å². The lowest BCUT2D eigenvalue weighted by atomic mass is 9.94. The Balaban J connectivity index is 1.97. The van der Waals surface area contributed by atoms with Crippen molar-refractivity contribution < 1.29 is 18.0 Å². The minimum atomic E-state index is -1.53. The van der Waals surface area contributed by atoms with E-state index in [1.54, 1.807) is 4.90 Å². The third-order valence-electron chi connectivity index (χ3n) is 4.14. The fourth-order valence-corrected chi connectivity index (χ4v) is 2.97. The zero-order valence-corrected chi connectivity index (χ0v) is 12.7. The highest BCUT2D eigenvalue weighted by Crippen LogP contribution is 2.23. The zero-order chi connectivity index (χ0) is 16.1. The van der Waals surface area contributed by atoms with Gasteiger partial charge in [-0.1, -0.05) is 19.3 Å². The summed E-state index contributed by atoms with van der Waals surface area (Å²) in [6.45, 7) is 2.36. The molecule has 122 valence electrons. The van der Waals surface area contributed by atoms with Crippen LogP contribution in [0.2, 0.25) is 0 Å². The van der Waals surface area contributed by atoms with Crippen molar-refractivity contribution in [2.75, 3.05) is 18.4 Å². The van der Waals surface area contributed by atoms with E-state index in [0.29, 0.717) is 6.54 Å². The molecule has 1 aromatic carbocycles. The standard InChI is InChI=1S/C16H21F3N2O/c1-2-21(11-6-4-3-5-7-11)14(22)10-20-13-9-8-12(17)15(18)16(13)19/h8-9,11,20H,2-7,10H2,1H3. The van der Waals surface area contributed by atoms with Crippen molar-refractivity contribution in [3.63, 3.8) is 0 Å². The van der Waals surface area contributed by atoms with E-state index in [1.807, 2.05) is 6.92 Å². The van der Waals surface area contributed by atoms with Crippen LogP contribution in [-0.2, 0) is 4.79 Å². The van der Waals surface area contributed by atoms with Crippen LogP contribution in [0.3, 0.4) is 0 Å². The summed E-state index contributed by atoms with van der Waals surface area (Å²) in [6, 6.07) is 2.16. The first-order valence-corrected chi connectivity index (χ1v) is 7.71. The molecule has 1 amide bonds. The van der Waals surface area contributed by atoms with Gasteiger partial charge < -0.3 is 10.2 Å². The zero-order valence-electron chi connectivity index (χ0n) is 12.7. The maximum Gasteiger partial charge on any atom is 0.242 e. The first-order chi connectivity index (χ1) is 10.5. The second-order valence-corrected chi connectivity index (χ2v) is 5.55. The summed E-state index contributed by atoms with van der Waals surface area (Å²) < 4.78 is 39.6. The number of halogens is 3. The third-order valence-corrected chi connectivity index (χ3v) is 4.14. The van der Waals surface area contributed by atoms with Gasteiger partial charge in [-0.15, -0.1) is 0 Å². The lowest BCUT2D eigenvalue weighted by molar-refractivity contribution is -0.132. The average molecular weight is 314 g/mol. The normalized spacial score (nSPS) is 15.6. The number of nitrogens with zero attached hydrogens (tertiary/aromatic N) is 1. The Morgan fingerprint density at radius 2 is 1.86 bits per heavy atom. The van der Waals surface area contributed by atoms with Gasteiger partial charge in [0.2, 0.25) is 5.91 Å². The van der Waals surface area contributed by atoms with E-state index >= 15 is 0 Å². The third kappa shape index (κ3) is 3.72. The fraction of sp³-hybridized carbons (Fsp3) is 0.562. The largest absolute Gasteiger partial charge is 0.374 e. The number of nitrogens with one attached hydrogen (secondary N) is 1. The number of amides is 1. The Labute approximate surface area is 128 Å². The van der Waals surface area contributed by atoms with Crippen molar-refractivity contribution in [3.8, 4) is 0 Å². The maximum absolute atomic E-state index is 13.5. The Morgan fingerprint density at radius 1 is 1.18 bits per heavy atom. The summed E-state index contributed by atoms with van der Waals surface area (Å²) in [7, 11) is 0. The highest BCUT2D eigenvalue weighted by atomic mass is 19.2. The molecule has 0 aliphatic heterocycles. The number of carbonyl (C=O) groups is 1. The van der Waals surface area contributed by atoms with E-state index in [0.717, 1.165) is 37.8 Å². The first-order valence-electron chi connectivity index (χ1n) is 7.71. The number of carbonyl (C=O) groups excluding carboxylic acids is 1. The van der Waals surface area contributed by atoms with Crippen LogP contribution in [0, 0.1) is 17.5 Å². The number of benzene rings is 1. The van der Waals surface area contributed by atoms with Gasteiger partial charge in [0, 0.05) is 12.6 Å². The van der Waals surface area contributed by atoms with Crippen molar-refractivity contribution >= 4 is 11.6 Å². The van der Waals surface area contributed by atoms with Gasteiger partial charge in [0.1, 0.15) is 0 Å². The molecule has 0 unspecified atom stereocenters. The Morgan fingerprint density at radius 3 is 2.50 bits per heavy atom. The lowest BCUT2D eigenvalue weighted by Crippen LogP contribution is -2.44. The first kappa shape index (κ1) is 16.6. The molecular weight excluding hydrogens is 293 g/mol. The van der Waals surface area contributed by atoms with Gasteiger partial charge in [-0.25, -0.2) is 13.2 Å². The SMILES string of the molecule is CCN(C(=O)CNc1ccc(F)c(F)c1F)C1CCCCC1. The molecule has 1 aromatic rings. The molecule has 0 saturated heterocycles. The van der Waals surface area contributed by atoms with E-state index in [2.05, 4.69) is 5.32 Å². The van der Waals surface area contributed by atoms with Crippen molar-refractivity contribution in [1.82, 2.24) is 4.90 Å². The predicted molar refractivity (Wildman–Crippen MR) is 79.1 cm³/mol. The Bertz CT molecular complexity index is 530. The molecule has 2 rings (SSSR count). The lowest BCUT2D eigenvalue weighted by Gasteiger charge is -2.33. The molecular formula is C16H21F3N2O. The van der Waals surface area contributed by atoms with E-state index < -0.39 is 17.5 Å². The summed E-state index contributed by atoms with van der Waals surface area (Å²) in [5, 5.41) is 2.56. The van der Waals surface area contributed by atoms with Crippen LogP contribution in [0.15, 0.2) is 12.1 Å². The summed E-state index contributed by atoms with van der Waals surface area (Å²) in [5.41, 5.74) is -0.202. The quantitative estimate of drug-likeness (QED) is 0.841. The molecule has 6 heteroatoms. The van der Waals surface area contributed by atoms with E-state index in [1.165, 1.54) is 6.42 Å². The van der Waals surface area contributed by atoms with Gasteiger partial charge in [-0.05, 0) is 31.9 Å². The molecule has 0 atom stereocenters. The Hall–Kier alpha value is -1.72. The minimum absolute atomic E-state index is 0.133. The minimum Gasteiger partial charge on any atom is -0.374 e. The second kappa shape index (κ2) is 7.51. The Kier molecular flexibility index (Phi) is 5.69. The topological polar surface area (TPSA) is 32.3 Å². The summed E-state index contributed by atoms with van der Waals surface area (Å²) in [5.74, 6) is -4.23. The van der Waals surface area contributed by atoms with E-state index in [-0.39, 0.29) is 24.2 Å². The maximum atomic E-state index is 13.5. The molecule has 1 aliphatic carbocycles. The molecule has 1 aliphatic rings. The molecule has 1 fully saturated rings. The van der Waals surface area contributed by atoms with Gasteiger partial charge >= 0.3 is 0 Å². The molecule has 0 bridgehead atoms. The van der Waals surface area contributed by atoms with Crippen molar-refractivity contribution in [3.05, 3.63) is 29.6 Å². The van der Waals surface area contributed by atoms with Crippen LogP contribution in [0.25, 0.3) is 0 Å². The molecule has 0 aromatic heterocycles. The number of likely N-dealkylation sites (N-methyl/N-ethyl adjacent to an activating group) is 1. The van der Waals surface area contributed by atoms with Crippen LogP contribution in [0.4, 0.5) is 18.9 Å². The van der Waals surface area contributed by atoms with Gasteiger partial charge in [0.15, 0.2) is 17.5 Å². The number of hydrogen-bond donors (Lipinski definition) is 1. The summed E-state index contributed by atoms with van der Waals surface area (Å²) in [6.07, 6.45) is 5.39. The van der Waals surface area contributed by atoms with Gasteiger partial charge in [-0.2, -0.15) is 0 Å². The molecule has 0 radical (unpaired) electrons. The second-order valence-electron chi connectivity index (χ2n) is 5.55. The molecule has 1 saturated carbocycles. The number of rotatable bonds is 5. The molecule has 3 nitrogen and oxygen atoms in total. The summed E-state index contributed by atoms with van der Waals surface area (Å²) in [4.78, 5) is 14.1. The van der Waals surface area contributed by atoms with Crippen LogP contribution < -0.4 is 5.32 Å². The van der Waals surface area contributed by atoms with Crippen LogP contribution in [0.1, 0.15) is 39.0 Å². The molecule has 0 spiro atoms. The van der Waals surface area contributed by atoms with Crippen molar-refractivity contribution in [1.29, 1.82) is 0 Å². The average Bonchev–Trinajstić information content (AvgIpc) is 2.54. The smallest absolute Gasteiger partial charge is 0.242 e. The molecule has 0 heterocycles. The monoisotopic (exact) mass is 314 g/mol. The van der Waals surface area contributed by atoms with Crippen molar-refractivity contribution in [2.45, 2.75) is 45.1 Å². The van der Waals surface area contributed by atoms with Crippen molar-refractivity contribution in [2.24, 2.45) is 0 Å². The molecule has 22 heavy (non-hydrogen) atoms. The summed E-state index contributed by atoms with van der Waals surface area (Å²) >= 11 is 0. The van der Waals surface area contributed by atoms with Crippen LogP contribution >= 0.6 is 0 Å². The van der Waals surface area contributed by atoms with Crippen LogP contribution in [0.5, 0.6) is 0 Å². The van der Waals surface area contributed by atoms with Crippen LogP contribution in [-0.4, -0.2) is 29.9 Å². The van der Waals surface area contributed by atoms with Gasteiger partial charge in [0.05, 0.1) is 12.2 Å². The number of anilines is 1. The predicted octanol–water partition coefficient (Wildman–Crippen LogP) is 3.70. The van der Waals surface area contributed by atoms with Gasteiger partial charge in [0.25, 0.3) is 0 Å². The van der Waals surface area contributed by atoms with Gasteiger partial charge in [-0.3, -0.25) is 4.79 Å². The molecule has 1 N–H and O–H groups in total. The fourth-order valence-electron chi connectivity index (χ4n) is 2.97. The van der Waals surface area contributed by atoms with E-state index in [4.69, 9.17) is 0 Å². The highest BCUT2D eigenvalue weighted by Gasteiger charge is 2.24. The highest BCUT2D eigenvalue weighted by molar-refractivity contribution is 5.81. The number of hydrogen-bond acceptors (Lipinski definition) is 2.